The van der Waals surface area contributed by atoms with Crippen LogP contribution >= 0.6 is 0 Å². The van der Waals surface area contributed by atoms with Gasteiger partial charge in [0.15, 0.2) is 5.65 Å². The normalized spacial score (nSPS) is 11.6. The van der Waals surface area contributed by atoms with Crippen LogP contribution in [0.25, 0.3) is 11.2 Å². The summed E-state index contributed by atoms with van der Waals surface area (Å²) in [4.78, 5) is 28.2. The third-order valence-electron chi connectivity index (χ3n) is 4.00. The van der Waals surface area contributed by atoms with Gasteiger partial charge >= 0.3 is 5.69 Å². The van der Waals surface area contributed by atoms with E-state index in [2.05, 4.69) is 51.3 Å². The third-order valence-corrected chi connectivity index (χ3v) is 4.00. The zero-order chi connectivity index (χ0) is 20.6. The van der Waals surface area contributed by atoms with E-state index >= 15 is 0 Å². The van der Waals surface area contributed by atoms with Crippen molar-refractivity contribution in [1.82, 2.24) is 29.1 Å². The first-order chi connectivity index (χ1) is 12.3. The summed E-state index contributed by atoms with van der Waals surface area (Å²) in [5.41, 5.74) is 2.98. The molecule has 0 aliphatic carbocycles. The molecule has 0 unspecified atom stereocenters. The zero-order valence-electron chi connectivity index (χ0n) is 18.3. The van der Waals surface area contributed by atoms with Crippen molar-refractivity contribution in [1.29, 1.82) is 0 Å². The first-order valence-electron chi connectivity index (χ1n) is 8.98. The van der Waals surface area contributed by atoms with E-state index in [4.69, 9.17) is 0 Å². The fourth-order valence-corrected chi connectivity index (χ4v) is 2.59. The second-order valence-corrected chi connectivity index (χ2v) is 8.61. The molecule has 1 radical (unpaired) electrons. The molecule has 0 saturated carbocycles. The van der Waals surface area contributed by atoms with E-state index in [0.29, 0.717) is 5.69 Å². The number of imidazole rings is 1. The van der Waals surface area contributed by atoms with Crippen molar-refractivity contribution in [2.75, 3.05) is 0 Å². The van der Waals surface area contributed by atoms with Gasteiger partial charge in [0.25, 0.3) is 0 Å². The van der Waals surface area contributed by atoms with E-state index in [1.807, 2.05) is 40.9 Å². The van der Waals surface area contributed by atoms with Crippen LogP contribution in [0.15, 0.2) is 17.3 Å². The van der Waals surface area contributed by atoms with E-state index in [-0.39, 0.29) is 49.5 Å². The number of aryl methyl sites for hydroxylation is 3. The molecule has 0 aromatic carbocycles. The van der Waals surface area contributed by atoms with E-state index in [9.17, 15) is 4.79 Å². The second-order valence-electron chi connectivity index (χ2n) is 8.61. The molecule has 0 atom stereocenters. The quantitative estimate of drug-likeness (QED) is 0.483. The van der Waals surface area contributed by atoms with Crippen LogP contribution in [0.1, 0.15) is 58.8 Å². The Balaban J connectivity index is 0.000000277. The molecule has 149 valence electrons. The molecule has 0 N–H and O–H groups in total. The summed E-state index contributed by atoms with van der Waals surface area (Å²) in [5, 5.41) is 0. The summed E-state index contributed by atoms with van der Waals surface area (Å²) in [7, 11) is 0. The summed E-state index contributed by atoms with van der Waals surface area (Å²) in [5.74, 6) is 0.797. The Kier molecular flexibility index (Phi) is 7.82. The summed E-state index contributed by atoms with van der Waals surface area (Å²) < 4.78 is 3.66. The molecule has 0 saturated heterocycles. The first-order valence-corrected chi connectivity index (χ1v) is 8.98. The molecule has 0 bridgehead atoms. The molecule has 0 aliphatic heterocycles. The number of rotatable bonds is 0. The summed E-state index contributed by atoms with van der Waals surface area (Å²) in [6.07, 6.45) is 3.50. The Bertz CT molecular complexity index is 1010. The van der Waals surface area contributed by atoms with Crippen molar-refractivity contribution < 1.29 is 32.7 Å². The smallest absolute Gasteiger partial charge is 0.342 e. The van der Waals surface area contributed by atoms with E-state index in [1.54, 1.807) is 17.7 Å². The Labute approximate surface area is 191 Å². The van der Waals surface area contributed by atoms with Crippen molar-refractivity contribution in [2.24, 2.45) is 0 Å². The van der Waals surface area contributed by atoms with Crippen LogP contribution in [0.3, 0.4) is 0 Å². The van der Waals surface area contributed by atoms with Crippen molar-refractivity contribution in [3.8, 4) is 0 Å². The number of aromatic nitrogens is 6. The van der Waals surface area contributed by atoms with Crippen LogP contribution in [-0.2, 0) is 43.8 Å². The van der Waals surface area contributed by atoms with Crippen LogP contribution in [0.2, 0.25) is 0 Å². The second kappa shape index (κ2) is 8.91. The molecule has 28 heavy (non-hydrogen) atoms. The van der Waals surface area contributed by atoms with Crippen molar-refractivity contribution in [2.45, 2.75) is 73.4 Å². The molecule has 8 heteroatoms. The Morgan fingerprint density at radius 3 is 1.96 bits per heavy atom. The van der Waals surface area contributed by atoms with Crippen molar-refractivity contribution in [3.63, 3.8) is 0 Å². The van der Waals surface area contributed by atoms with Crippen LogP contribution in [0, 0.1) is 26.8 Å². The minimum atomic E-state index is -0.214. The summed E-state index contributed by atoms with van der Waals surface area (Å²) in [6.45, 7) is 17.9. The minimum absolute atomic E-state index is 0. The third kappa shape index (κ3) is 5.77. The zero-order valence-corrected chi connectivity index (χ0v) is 21.2. The summed E-state index contributed by atoms with van der Waals surface area (Å²) in [6, 6.07) is 2.90. The topological polar surface area (TPSA) is 78.5 Å². The van der Waals surface area contributed by atoms with Crippen molar-refractivity contribution in [3.05, 3.63) is 46.3 Å². The maximum atomic E-state index is 11.3. The van der Waals surface area contributed by atoms with Gasteiger partial charge in [-0.2, -0.15) is 6.20 Å². The standard InChI is InChI=1S/C11H16N4.C9H13N2O.Y/c1-7-9-10(14-8(2)13-7)15(6-12-9)11(3,4)5;1-7-5-6-11(8(12)10-7)9(2,3)4;/h6H,1-5H3;6H,1-4H3;/q;-1;. The molecular formula is C20H29N6OY-. The Hall–Kier alpha value is -1.47. The van der Waals surface area contributed by atoms with Gasteiger partial charge < -0.3 is 15.2 Å². The minimum Gasteiger partial charge on any atom is -0.432 e. The molecule has 0 spiro atoms. The fraction of sp³-hybridized carbons (Fsp3) is 0.550. The molecule has 0 amide bonds. The predicted molar refractivity (Wildman–Crippen MR) is 107 cm³/mol. The monoisotopic (exact) mass is 458 g/mol. The predicted octanol–water partition coefficient (Wildman–Crippen LogP) is 3.30. The van der Waals surface area contributed by atoms with Gasteiger partial charge in [0.2, 0.25) is 0 Å². The molecular weight excluding hydrogens is 429 g/mol. The van der Waals surface area contributed by atoms with E-state index in [0.717, 1.165) is 22.7 Å². The van der Waals surface area contributed by atoms with Gasteiger partial charge in [0.1, 0.15) is 11.3 Å². The van der Waals surface area contributed by atoms with E-state index < -0.39 is 0 Å². The average molecular weight is 458 g/mol. The number of hydrogen-bond donors (Lipinski definition) is 0. The van der Waals surface area contributed by atoms with Crippen LogP contribution in [0.4, 0.5) is 0 Å². The van der Waals surface area contributed by atoms with Gasteiger partial charge in [-0.1, -0.05) is 6.92 Å². The van der Waals surface area contributed by atoms with Crippen molar-refractivity contribution >= 4 is 11.2 Å². The molecule has 7 nitrogen and oxygen atoms in total. The molecule has 3 rings (SSSR count). The van der Waals surface area contributed by atoms with Gasteiger partial charge in [-0.3, -0.25) is 0 Å². The van der Waals surface area contributed by atoms with Gasteiger partial charge in [0.05, 0.1) is 12.0 Å². The van der Waals surface area contributed by atoms with Gasteiger partial charge in [-0.05, 0) is 55.4 Å². The van der Waals surface area contributed by atoms with Gasteiger partial charge in [0, 0.05) is 43.8 Å². The maximum absolute atomic E-state index is 11.3. The molecule has 3 aromatic rings. The van der Waals surface area contributed by atoms with E-state index in [1.165, 1.54) is 0 Å². The largest absolute Gasteiger partial charge is 0.432 e. The molecule has 0 aliphatic rings. The average Bonchev–Trinajstić information content (AvgIpc) is 2.90. The van der Waals surface area contributed by atoms with Gasteiger partial charge in [-0.15, -0.1) is 5.69 Å². The first kappa shape index (κ1) is 24.6. The molecule has 0 fully saturated rings. The number of hydrogen-bond acceptors (Lipinski definition) is 5. The maximum Gasteiger partial charge on any atom is 0.342 e. The number of nitrogens with zero attached hydrogens (tertiary/aromatic N) is 6. The van der Waals surface area contributed by atoms with Crippen LogP contribution in [-0.4, -0.2) is 29.1 Å². The Morgan fingerprint density at radius 1 is 0.893 bits per heavy atom. The fourth-order valence-electron chi connectivity index (χ4n) is 2.59. The Morgan fingerprint density at radius 2 is 1.46 bits per heavy atom. The van der Waals surface area contributed by atoms with Gasteiger partial charge in [-0.25, -0.2) is 24.7 Å². The molecule has 3 heterocycles. The number of fused-ring (bicyclic) bond motifs is 1. The summed E-state index contributed by atoms with van der Waals surface area (Å²) >= 11 is 0. The van der Waals surface area contributed by atoms with Crippen LogP contribution < -0.4 is 5.69 Å². The SMILES string of the molecule is Cc1[c-]cn(C(C)(C)C)c(=O)n1.Cc1nc(C)c2ncn(C(C)(C)C)c2n1.[Y]. The molecule has 3 aromatic heterocycles. The van der Waals surface area contributed by atoms with Crippen LogP contribution in [0.5, 0.6) is 0 Å².